The van der Waals surface area contributed by atoms with Crippen LogP contribution < -0.4 is 20.9 Å². The van der Waals surface area contributed by atoms with Crippen LogP contribution in [0.4, 0.5) is 9.52 Å². The van der Waals surface area contributed by atoms with Crippen molar-refractivity contribution >= 4 is 53.2 Å². The molecule has 1 saturated heterocycles. The molecular weight excluding hydrogens is 565 g/mol. The topological polar surface area (TPSA) is 249 Å². The number of fused-ring (bicyclic) bond motifs is 1. The van der Waals surface area contributed by atoms with Gasteiger partial charge in [0.2, 0.25) is 25.9 Å². The van der Waals surface area contributed by atoms with E-state index in [1.54, 1.807) is 18.2 Å². The number of nitrogens with two attached hydrogens (primary N) is 2. The van der Waals surface area contributed by atoms with Crippen LogP contribution in [0.5, 0.6) is 0 Å². The molecule has 0 bridgehead atoms. The molecule has 202 valence electrons. The first-order valence-corrected chi connectivity index (χ1v) is 14.3. The van der Waals surface area contributed by atoms with Crippen molar-refractivity contribution in [2.24, 2.45) is 5.14 Å². The quantitative estimate of drug-likeness (QED) is 0.152. The van der Waals surface area contributed by atoms with Gasteiger partial charge in [-0.15, -0.1) is 10.2 Å². The van der Waals surface area contributed by atoms with Gasteiger partial charge in [0.25, 0.3) is 6.47 Å². The number of rotatable bonds is 7. The summed E-state index contributed by atoms with van der Waals surface area (Å²) in [6.45, 7) is -0.875. The van der Waals surface area contributed by atoms with Gasteiger partial charge in [-0.2, -0.15) is 5.21 Å². The summed E-state index contributed by atoms with van der Waals surface area (Å²) in [6, 6.07) is 7.63. The number of tetrazole rings is 1. The molecule has 1 aliphatic rings. The van der Waals surface area contributed by atoms with Crippen LogP contribution in [-0.2, 0) is 24.8 Å². The Bertz CT molecular complexity index is 1710. The first kappa shape index (κ1) is 27.4. The number of hydrogen-bond acceptors (Lipinski definition) is 12. The average molecular weight is 586 g/mol. The SMILES string of the molecule is Nc1nc2c(-c3ccc(S(=O)(=O)NCC4(F)CNC4)c(S(N)(=O)=O)c3-c3nn[nH]n3)cccc2s1.O=CO. The monoisotopic (exact) mass is 585 g/mol. The van der Waals surface area contributed by atoms with Gasteiger partial charge in [0, 0.05) is 25.2 Å². The number of carbonyl (C=O) groups is 1. The Hall–Kier alpha value is -3.62. The normalized spacial score (nSPS) is 14.9. The van der Waals surface area contributed by atoms with E-state index in [0.717, 1.165) is 10.8 Å². The second-order valence-electron chi connectivity index (χ2n) is 7.98. The second kappa shape index (κ2) is 10.3. The van der Waals surface area contributed by atoms with Crippen LogP contribution in [0.1, 0.15) is 0 Å². The molecule has 5 rings (SSSR count). The van der Waals surface area contributed by atoms with Crippen molar-refractivity contribution in [1.82, 2.24) is 35.6 Å². The fourth-order valence-electron chi connectivity index (χ4n) is 3.78. The number of alkyl halides is 1. The van der Waals surface area contributed by atoms with Crippen molar-refractivity contribution in [2.45, 2.75) is 15.5 Å². The molecule has 15 nitrogen and oxygen atoms in total. The highest BCUT2D eigenvalue weighted by molar-refractivity contribution is 7.92. The summed E-state index contributed by atoms with van der Waals surface area (Å²) >= 11 is 1.23. The fourth-order valence-corrected chi connectivity index (χ4v) is 7.25. The van der Waals surface area contributed by atoms with Gasteiger partial charge < -0.3 is 16.2 Å². The third-order valence-electron chi connectivity index (χ3n) is 5.45. The Morgan fingerprint density at radius 1 is 1.18 bits per heavy atom. The van der Waals surface area contributed by atoms with Gasteiger partial charge in [0.05, 0.1) is 15.8 Å². The van der Waals surface area contributed by atoms with Gasteiger partial charge in [0.15, 0.2) is 5.13 Å². The van der Waals surface area contributed by atoms with Gasteiger partial charge in [-0.1, -0.05) is 29.5 Å². The average Bonchev–Trinajstić information content (AvgIpc) is 3.49. The Morgan fingerprint density at radius 2 is 1.89 bits per heavy atom. The lowest BCUT2D eigenvalue weighted by molar-refractivity contribution is -0.122. The molecule has 2 aromatic carbocycles. The number of aromatic nitrogens is 5. The molecule has 3 heterocycles. The van der Waals surface area contributed by atoms with E-state index in [-0.39, 0.29) is 41.6 Å². The number of thiazole rings is 1. The number of benzene rings is 2. The second-order valence-corrected chi connectivity index (χ2v) is 12.3. The molecule has 0 amide bonds. The van der Waals surface area contributed by atoms with Gasteiger partial charge in [0.1, 0.15) is 15.5 Å². The van der Waals surface area contributed by atoms with Crippen LogP contribution in [0, 0.1) is 0 Å². The summed E-state index contributed by atoms with van der Waals surface area (Å²) in [7, 11) is -9.22. The van der Waals surface area contributed by atoms with Crippen molar-refractivity contribution in [3.63, 3.8) is 0 Å². The van der Waals surface area contributed by atoms with Crippen LogP contribution in [0.15, 0.2) is 40.1 Å². The maximum Gasteiger partial charge on any atom is 0.290 e. The molecule has 0 spiro atoms. The minimum absolute atomic E-state index is 0.0363. The van der Waals surface area contributed by atoms with Crippen molar-refractivity contribution in [2.75, 3.05) is 25.4 Å². The van der Waals surface area contributed by atoms with E-state index in [4.69, 9.17) is 20.8 Å². The van der Waals surface area contributed by atoms with Crippen molar-refractivity contribution < 1.29 is 31.1 Å². The van der Waals surface area contributed by atoms with Crippen molar-refractivity contribution in [3.8, 4) is 22.5 Å². The number of H-pyrrole nitrogens is 1. The maximum atomic E-state index is 14.4. The van der Waals surface area contributed by atoms with Crippen LogP contribution >= 0.6 is 11.3 Å². The molecule has 0 aliphatic carbocycles. The Labute approximate surface area is 218 Å². The molecule has 8 N–H and O–H groups in total. The number of nitrogen functional groups attached to an aromatic ring is 1. The zero-order valence-corrected chi connectivity index (χ0v) is 21.6. The predicted molar refractivity (Wildman–Crippen MR) is 135 cm³/mol. The largest absolute Gasteiger partial charge is 0.483 e. The lowest BCUT2D eigenvalue weighted by Gasteiger charge is -2.34. The smallest absolute Gasteiger partial charge is 0.290 e. The summed E-state index contributed by atoms with van der Waals surface area (Å²) in [6.07, 6.45) is 0. The molecule has 0 radical (unpaired) electrons. The molecule has 4 aromatic rings. The third-order valence-corrected chi connectivity index (χ3v) is 8.87. The zero-order valence-electron chi connectivity index (χ0n) is 19.1. The minimum atomic E-state index is -4.69. The van der Waals surface area contributed by atoms with Gasteiger partial charge in [-0.05, 0) is 22.9 Å². The number of sulfonamides is 2. The number of halogens is 1. The highest BCUT2D eigenvalue weighted by atomic mass is 32.2. The maximum absolute atomic E-state index is 14.4. The number of hydrogen-bond donors (Lipinski definition) is 6. The first-order valence-electron chi connectivity index (χ1n) is 10.5. The first-order chi connectivity index (χ1) is 17.9. The van der Waals surface area contributed by atoms with Gasteiger partial charge in [-0.3, -0.25) is 4.79 Å². The fraction of sp³-hybridized carbons (Fsp3) is 0.211. The number of anilines is 1. The van der Waals surface area contributed by atoms with Crippen LogP contribution in [-0.4, -0.2) is 79.3 Å². The van der Waals surface area contributed by atoms with E-state index in [1.807, 2.05) is 0 Å². The molecule has 2 aromatic heterocycles. The lowest BCUT2D eigenvalue weighted by Crippen LogP contribution is -2.61. The van der Waals surface area contributed by atoms with Crippen molar-refractivity contribution in [3.05, 3.63) is 30.3 Å². The summed E-state index contributed by atoms with van der Waals surface area (Å²) in [4.78, 5) is 11.2. The number of para-hydroxylation sites is 1. The summed E-state index contributed by atoms with van der Waals surface area (Å²) in [5.74, 6) is -0.216. The van der Waals surface area contributed by atoms with E-state index in [0.29, 0.717) is 11.1 Å². The van der Waals surface area contributed by atoms with E-state index in [1.165, 1.54) is 17.4 Å². The van der Waals surface area contributed by atoms with Crippen LogP contribution in [0.2, 0.25) is 0 Å². The number of primary sulfonamides is 1. The Kier molecular flexibility index (Phi) is 7.41. The molecule has 1 fully saturated rings. The molecule has 1 aliphatic heterocycles. The minimum Gasteiger partial charge on any atom is -0.483 e. The highest BCUT2D eigenvalue weighted by Gasteiger charge is 2.39. The van der Waals surface area contributed by atoms with E-state index < -0.39 is 42.1 Å². The molecule has 38 heavy (non-hydrogen) atoms. The number of nitrogens with zero attached hydrogens (tertiary/aromatic N) is 4. The molecule has 0 atom stereocenters. The van der Waals surface area contributed by atoms with Gasteiger partial charge >= 0.3 is 0 Å². The van der Waals surface area contributed by atoms with E-state index in [2.05, 4.69) is 35.6 Å². The zero-order chi connectivity index (χ0) is 27.7. The van der Waals surface area contributed by atoms with Crippen LogP contribution in [0.3, 0.4) is 0 Å². The van der Waals surface area contributed by atoms with Crippen molar-refractivity contribution in [1.29, 1.82) is 0 Å². The number of carboxylic acid groups (broad SMARTS) is 1. The predicted octanol–water partition coefficient (Wildman–Crippen LogP) is -0.336. The number of aromatic amines is 1. The van der Waals surface area contributed by atoms with Gasteiger partial charge in [-0.25, -0.2) is 36.1 Å². The lowest BCUT2D eigenvalue weighted by atomic mass is 9.98. The Balaban J connectivity index is 0.00000107. The van der Waals surface area contributed by atoms with E-state index >= 15 is 0 Å². The molecule has 0 saturated carbocycles. The Morgan fingerprint density at radius 3 is 2.47 bits per heavy atom. The molecular formula is C19H20FN9O6S3. The molecule has 19 heteroatoms. The van der Waals surface area contributed by atoms with E-state index in [9.17, 15) is 21.2 Å². The highest BCUT2D eigenvalue weighted by Crippen LogP contribution is 2.41. The summed E-state index contributed by atoms with van der Waals surface area (Å²) in [5.41, 5.74) is 5.01. The summed E-state index contributed by atoms with van der Waals surface area (Å²) in [5, 5.41) is 28.9. The summed E-state index contributed by atoms with van der Waals surface area (Å²) < 4.78 is 69.3. The molecule has 0 unspecified atom stereocenters. The standard InChI is InChI=1S/C18H18FN9O4S3.CH2O2/c19-18(6-22-7-18)8-23-35(31,32)12-5-4-9(10-2-1-3-11-14(10)24-17(20)33-11)13(15(12)34(21,29)30)16-25-27-28-26-16;2-1-3/h1-5,22-23H,6-8H2,(H2,20,24)(H2,21,29,30)(H,25,26,27,28);1H,(H,2,3). The number of nitrogens with one attached hydrogen (secondary N) is 3. The van der Waals surface area contributed by atoms with Crippen LogP contribution in [0.25, 0.3) is 32.7 Å². The third kappa shape index (κ3) is 5.33.